The minimum absolute atomic E-state index is 0.0239. The molecule has 0 atom stereocenters. The van der Waals surface area contributed by atoms with Crippen LogP contribution in [0, 0.1) is 17.0 Å². The molecule has 0 radical (unpaired) electrons. The lowest BCUT2D eigenvalue weighted by atomic mass is 9.92. The van der Waals surface area contributed by atoms with Gasteiger partial charge in [0.2, 0.25) is 0 Å². The molecule has 0 aliphatic carbocycles. The Balaban J connectivity index is 1.81. The first-order valence-corrected chi connectivity index (χ1v) is 9.64. The van der Waals surface area contributed by atoms with Crippen LogP contribution >= 0.6 is 0 Å². The Morgan fingerprint density at radius 2 is 1.48 bits per heavy atom. The lowest BCUT2D eigenvalue weighted by Gasteiger charge is -2.29. The van der Waals surface area contributed by atoms with Crippen molar-refractivity contribution in [3.63, 3.8) is 0 Å². The number of imide groups is 1. The topological polar surface area (TPSA) is 80.5 Å². The van der Waals surface area contributed by atoms with Crippen LogP contribution in [0.15, 0.2) is 84.9 Å². The van der Waals surface area contributed by atoms with E-state index in [4.69, 9.17) is 0 Å². The molecular weight excluding hydrogens is 392 g/mol. The number of amides is 2. The third kappa shape index (κ3) is 3.67. The molecule has 0 N–H and O–H groups in total. The number of carbonyl (C=O) groups excluding carboxylic acids is 2. The molecular formula is C25H18N2O4. The van der Waals surface area contributed by atoms with Crippen molar-refractivity contribution in [2.45, 2.75) is 6.92 Å². The van der Waals surface area contributed by atoms with Gasteiger partial charge in [0.05, 0.1) is 16.2 Å². The van der Waals surface area contributed by atoms with Crippen LogP contribution in [0.4, 0.5) is 11.4 Å². The molecule has 4 rings (SSSR count). The standard InChI is InChI=1S/C25H18N2O4/c1-17-9-2-6-15-22(17)26-24(28)20-13-5-4-12-19(20)21(25(26)29)14-8-11-18-10-3-7-16-23(18)27(30)31/h2-16H,1H3/b11-8+,21-14-. The Hall–Kier alpha value is -4.32. The second-order valence-electron chi connectivity index (χ2n) is 7.03. The fraction of sp³-hybridized carbons (Fsp3) is 0.0400. The van der Waals surface area contributed by atoms with Gasteiger partial charge < -0.3 is 0 Å². The zero-order chi connectivity index (χ0) is 22.0. The number of hydrogen-bond acceptors (Lipinski definition) is 4. The van der Waals surface area contributed by atoms with Gasteiger partial charge in [0, 0.05) is 17.2 Å². The minimum Gasteiger partial charge on any atom is -0.268 e. The molecule has 3 aromatic rings. The van der Waals surface area contributed by atoms with Gasteiger partial charge in [-0.05, 0) is 48.4 Å². The van der Waals surface area contributed by atoms with E-state index in [0.717, 1.165) is 5.56 Å². The van der Waals surface area contributed by atoms with Crippen molar-refractivity contribution in [3.8, 4) is 0 Å². The number of carbonyl (C=O) groups is 2. The van der Waals surface area contributed by atoms with E-state index in [1.54, 1.807) is 72.8 Å². The lowest BCUT2D eigenvalue weighted by molar-refractivity contribution is -0.385. The van der Waals surface area contributed by atoms with Gasteiger partial charge in [-0.2, -0.15) is 0 Å². The van der Waals surface area contributed by atoms with Gasteiger partial charge >= 0.3 is 0 Å². The molecule has 0 spiro atoms. The first kappa shape index (κ1) is 20.0. The van der Waals surface area contributed by atoms with E-state index in [-0.39, 0.29) is 11.6 Å². The van der Waals surface area contributed by atoms with E-state index in [0.29, 0.717) is 28.0 Å². The molecule has 1 aliphatic rings. The molecule has 2 amide bonds. The van der Waals surface area contributed by atoms with Gasteiger partial charge in [-0.15, -0.1) is 0 Å². The summed E-state index contributed by atoms with van der Waals surface area (Å²) in [6.07, 6.45) is 4.77. The number of nitro groups is 1. The van der Waals surface area contributed by atoms with Gasteiger partial charge in [0.25, 0.3) is 17.5 Å². The molecule has 152 valence electrons. The number of hydrogen-bond donors (Lipinski definition) is 0. The van der Waals surface area contributed by atoms with Crippen LogP contribution in [0.3, 0.4) is 0 Å². The van der Waals surface area contributed by atoms with Gasteiger partial charge in [0.1, 0.15) is 0 Å². The molecule has 0 aromatic heterocycles. The molecule has 6 heteroatoms. The number of para-hydroxylation sites is 2. The monoisotopic (exact) mass is 410 g/mol. The Morgan fingerprint density at radius 3 is 2.23 bits per heavy atom. The number of nitrogens with zero attached hydrogens (tertiary/aromatic N) is 2. The highest BCUT2D eigenvalue weighted by atomic mass is 16.6. The molecule has 1 aliphatic heterocycles. The molecule has 31 heavy (non-hydrogen) atoms. The summed E-state index contributed by atoms with van der Waals surface area (Å²) < 4.78 is 0. The molecule has 0 saturated carbocycles. The van der Waals surface area contributed by atoms with Crippen LogP contribution in [0.5, 0.6) is 0 Å². The summed E-state index contributed by atoms with van der Waals surface area (Å²) >= 11 is 0. The molecule has 0 saturated heterocycles. The van der Waals surface area contributed by atoms with E-state index < -0.39 is 10.8 Å². The van der Waals surface area contributed by atoms with Crippen molar-refractivity contribution in [3.05, 3.63) is 117 Å². The average molecular weight is 410 g/mol. The molecule has 0 bridgehead atoms. The van der Waals surface area contributed by atoms with E-state index in [9.17, 15) is 19.7 Å². The molecule has 0 fully saturated rings. The van der Waals surface area contributed by atoms with Crippen molar-refractivity contribution in [2.24, 2.45) is 0 Å². The van der Waals surface area contributed by atoms with Crippen molar-refractivity contribution in [2.75, 3.05) is 4.90 Å². The molecule has 0 unspecified atom stereocenters. The maximum atomic E-state index is 13.4. The number of fused-ring (bicyclic) bond motifs is 1. The largest absolute Gasteiger partial charge is 0.276 e. The Bertz CT molecular complexity index is 1270. The SMILES string of the molecule is Cc1ccccc1N1C(=O)/C(=C\C=C\c2ccccc2[N+](=O)[O-])c2ccccc2C1=O. The van der Waals surface area contributed by atoms with Crippen LogP contribution < -0.4 is 4.90 Å². The Labute approximate surface area is 178 Å². The van der Waals surface area contributed by atoms with Crippen molar-refractivity contribution < 1.29 is 14.5 Å². The zero-order valence-electron chi connectivity index (χ0n) is 16.7. The molecule has 1 heterocycles. The second kappa shape index (κ2) is 8.20. The highest BCUT2D eigenvalue weighted by molar-refractivity contribution is 6.41. The van der Waals surface area contributed by atoms with Crippen LogP contribution in [-0.2, 0) is 4.79 Å². The third-order valence-corrected chi connectivity index (χ3v) is 5.11. The maximum absolute atomic E-state index is 13.4. The summed E-state index contributed by atoms with van der Waals surface area (Å²) in [5.74, 6) is -0.820. The van der Waals surface area contributed by atoms with E-state index in [1.807, 2.05) is 19.1 Å². The summed E-state index contributed by atoms with van der Waals surface area (Å²) in [6, 6.07) is 20.5. The summed E-state index contributed by atoms with van der Waals surface area (Å²) in [6.45, 7) is 1.84. The predicted molar refractivity (Wildman–Crippen MR) is 120 cm³/mol. The second-order valence-corrected chi connectivity index (χ2v) is 7.03. The zero-order valence-corrected chi connectivity index (χ0v) is 16.7. The lowest BCUT2D eigenvalue weighted by Crippen LogP contribution is -2.42. The van der Waals surface area contributed by atoms with E-state index >= 15 is 0 Å². The predicted octanol–water partition coefficient (Wildman–Crippen LogP) is 5.19. The fourth-order valence-electron chi connectivity index (χ4n) is 3.59. The Kier molecular flexibility index (Phi) is 5.28. The highest BCUT2D eigenvalue weighted by Crippen LogP contribution is 2.33. The summed E-state index contributed by atoms with van der Waals surface area (Å²) in [5.41, 5.74) is 3.04. The van der Waals surface area contributed by atoms with Crippen LogP contribution in [0.25, 0.3) is 11.6 Å². The van der Waals surface area contributed by atoms with Gasteiger partial charge in [0.15, 0.2) is 0 Å². The quantitative estimate of drug-likeness (QED) is 0.257. The number of rotatable bonds is 4. The number of aryl methyl sites for hydroxylation is 1. The van der Waals surface area contributed by atoms with Gasteiger partial charge in [-0.25, -0.2) is 4.90 Å². The summed E-state index contributed by atoms with van der Waals surface area (Å²) in [5, 5.41) is 11.2. The first-order valence-electron chi connectivity index (χ1n) is 9.64. The van der Waals surface area contributed by atoms with E-state index in [1.165, 1.54) is 11.0 Å². The first-order chi connectivity index (χ1) is 15.0. The van der Waals surface area contributed by atoms with Crippen molar-refractivity contribution >= 4 is 34.8 Å². The van der Waals surface area contributed by atoms with Crippen molar-refractivity contribution in [1.29, 1.82) is 0 Å². The highest BCUT2D eigenvalue weighted by Gasteiger charge is 2.35. The molecule has 3 aromatic carbocycles. The summed E-state index contributed by atoms with van der Waals surface area (Å²) in [4.78, 5) is 38.4. The van der Waals surface area contributed by atoms with Gasteiger partial charge in [-0.3, -0.25) is 19.7 Å². The van der Waals surface area contributed by atoms with Gasteiger partial charge in [-0.1, -0.05) is 54.6 Å². The van der Waals surface area contributed by atoms with E-state index in [2.05, 4.69) is 0 Å². The molecule has 6 nitrogen and oxygen atoms in total. The van der Waals surface area contributed by atoms with Crippen LogP contribution in [0.1, 0.15) is 27.0 Å². The number of allylic oxidation sites excluding steroid dienone is 2. The number of anilines is 1. The minimum atomic E-state index is -0.452. The number of nitro benzene ring substituents is 1. The smallest absolute Gasteiger partial charge is 0.268 e. The van der Waals surface area contributed by atoms with Crippen molar-refractivity contribution in [1.82, 2.24) is 0 Å². The fourth-order valence-corrected chi connectivity index (χ4v) is 3.59. The normalized spacial score (nSPS) is 14.9. The maximum Gasteiger partial charge on any atom is 0.276 e. The summed E-state index contributed by atoms with van der Waals surface area (Å²) in [7, 11) is 0. The van der Waals surface area contributed by atoms with Crippen LogP contribution in [0.2, 0.25) is 0 Å². The Morgan fingerprint density at radius 1 is 0.839 bits per heavy atom. The third-order valence-electron chi connectivity index (χ3n) is 5.11. The van der Waals surface area contributed by atoms with Crippen LogP contribution in [-0.4, -0.2) is 16.7 Å². The average Bonchev–Trinajstić information content (AvgIpc) is 2.77. The number of benzene rings is 3.